The first-order valence-corrected chi connectivity index (χ1v) is 3.04. The smallest absolute Gasteiger partial charge is 0.241 e. The highest BCUT2D eigenvalue weighted by molar-refractivity contribution is 5.87. The van der Waals surface area contributed by atoms with Crippen LogP contribution >= 0.6 is 0 Å². The van der Waals surface area contributed by atoms with E-state index in [2.05, 4.69) is 0 Å². The third-order valence-electron chi connectivity index (χ3n) is 1.73. The number of likely N-dealkylation sites (tertiary alicyclic amines) is 1. The third-order valence-corrected chi connectivity index (χ3v) is 1.73. The van der Waals surface area contributed by atoms with E-state index in [0.29, 0.717) is 0 Å². The number of β-lactam (4-membered cyclic amide) rings is 1. The number of nitrogens with zero attached hydrogens (tertiary/aromatic N) is 2. The lowest BCUT2D eigenvalue weighted by Crippen LogP contribution is -2.60. The highest BCUT2D eigenvalue weighted by Crippen LogP contribution is 2.10. The number of carbonyl (C=O) groups is 1. The molecule has 3 nitrogen and oxygen atoms in total. The molecule has 1 saturated heterocycles. The topological polar surface area (TPSA) is 23.6 Å². The highest BCUT2D eigenvalue weighted by Gasteiger charge is 2.34. The van der Waals surface area contributed by atoms with Crippen molar-refractivity contribution in [1.29, 1.82) is 0 Å². The molecule has 52 valence electrons. The van der Waals surface area contributed by atoms with Crippen LogP contribution in [0.5, 0.6) is 0 Å². The summed E-state index contributed by atoms with van der Waals surface area (Å²) in [4.78, 5) is 14.6. The first-order chi connectivity index (χ1) is 4.13. The molecule has 1 heterocycles. The predicted octanol–water partition coefficient (Wildman–Crippen LogP) is -0.611. The van der Waals surface area contributed by atoms with Crippen LogP contribution < -0.4 is 0 Å². The Morgan fingerprint density at radius 3 is 2.33 bits per heavy atom. The standard InChI is InChI=1S/C6H12N2O/c1-7(2)5-4-8(3)6(5)9/h5H,4H2,1-3H3. The van der Waals surface area contributed by atoms with Gasteiger partial charge in [-0.15, -0.1) is 0 Å². The Bertz CT molecular complexity index is 133. The van der Waals surface area contributed by atoms with Gasteiger partial charge in [-0.1, -0.05) is 0 Å². The van der Waals surface area contributed by atoms with Gasteiger partial charge in [-0.2, -0.15) is 0 Å². The van der Waals surface area contributed by atoms with Crippen LogP contribution in [0.3, 0.4) is 0 Å². The molecular formula is C6H12N2O. The van der Waals surface area contributed by atoms with Gasteiger partial charge < -0.3 is 4.90 Å². The summed E-state index contributed by atoms with van der Waals surface area (Å²) in [6.07, 6.45) is 0. The van der Waals surface area contributed by atoms with Crippen LogP contribution in [-0.2, 0) is 4.79 Å². The molecule has 0 N–H and O–H groups in total. The van der Waals surface area contributed by atoms with Crippen molar-refractivity contribution in [2.75, 3.05) is 27.7 Å². The monoisotopic (exact) mass is 128 g/mol. The van der Waals surface area contributed by atoms with Gasteiger partial charge in [0.1, 0.15) is 6.04 Å². The number of rotatable bonds is 1. The maximum atomic E-state index is 10.9. The lowest BCUT2D eigenvalue weighted by Gasteiger charge is -2.39. The second-order valence-corrected chi connectivity index (χ2v) is 2.70. The fourth-order valence-electron chi connectivity index (χ4n) is 0.954. The zero-order valence-corrected chi connectivity index (χ0v) is 6.09. The minimum atomic E-state index is 0.148. The molecule has 0 aromatic rings. The molecule has 9 heavy (non-hydrogen) atoms. The Hall–Kier alpha value is -0.570. The van der Waals surface area contributed by atoms with Gasteiger partial charge in [0, 0.05) is 13.6 Å². The average Bonchev–Trinajstić information content (AvgIpc) is 1.81. The van der Waals surface area contributed by atoms with Gasteiger partial charge in [0.05, 0.1) is 0 Å². The highest BCUT2D eigenvalue weighted by atomic mass is 16.2. The van der Waals surface area contributed by atoms with Gasteiger partial charge in [0.25, 0.3) is 0 Å². The number of likely N-dealkylation sites (N-methyl/N-ethyl adjacent to an activating group) is 2. The molecule has 1 aliphatic rings. The van der Waals surface area contributed by atoms with E-state index in [1.807, 2.05) is 26.0 Å². The zero-order chi connectivity index (χ0) is 7.02. The molecule has 1 fully saturated rings. The van der Waals surface area contributed by atoms with E-state index in [0.717, 1.165) is 6.54 Å². The van der Waals surface area contributed by atoms with Gasteiger partial charge in [-0.25, -0.2) is 0 Å². The number of hydrogen-bond donors (Lipinski definition) is 0. The molecule has 0 bridgehead atoms. The Kier molecular flexibility index (Phi) is 1.45. The van der Waals surface area contributed by atoms with E-state index in [4.69, 9.17) is 0 Å². The summed E-state index contributed by atoms with van der Waals surface area (Å²) in [5, 5.41) is 0. The SMILES string of the molecule is CN1CC(N(C)C)C1=O. The van der Waals surface area contributed by atoms with Crippen molar-refractivity contribution < 1.29 is 4.79 Å². The maximum absolute atomic E-state index is 10.9. The first-order valence-electron chi connectivity index (χ1n) is 3.04. The van der Waals surface area contributed by atoms with Crippen molar-refractivity contribution in [2.24, 2.45) is 0 Å². The summed E-state index contributed by atoms with van der Waals surface area (Å²) < 4.78 is 0. The van der Waals surface area contributed by atoms with Crippen molar-refractivity contribution >= 4 is 5.91 Å². The lowest BCUT2D eigenvalue weighted by atomic mass is 10.1. The number of amides is 1. The Labute approximate surface area is 55.2 Å². The molecule has 3 heteroatoms. The maximum Gasteiger partial charge on any atom is 0.241 e. The molecule has 0 aromatic carbocycles. The molecule has 0 radical (unpaired) electrons. The van der Waals surface area contributed by atoms with E-state index < -0.39 is 0 Å². The predicted molar refractivity (Wildman–Crippen MR) is 35.1 cm³/mol. The molecule has 0 saturated carbocycles. The van der Waals surface area contributed by atoms with Gasteiger partial charge in [-0.05, 0) is 14.1 Å². The average molecular weight is 128 g/mol. The van der Waals surface area contributed by atoms with Crippen LogP contribution in [0.15, 0.2) is 0 Å². The summed E-state index contributed by atoms with van der Waals surface area (Å²) in [7, 11) is 5.67. The van der Waals surface area contributed by atoms with Gasteiger partial charge in [0.2, 0.25) is 5.91 Å². The Balaban J connectivity index is 2.42. The fraction of sp³-hybridized carbons (Fsp3) is 0.833. The van der Waals surface area contributed by atoms with Crippen LogP contribution in [0.1, 0.15) is 0 Å². The summed E-state index contributed by atoms with van der Waals surface area (Å²) in [5.74, 6) is 0.236. The number of hydrogen-bond acceptors (Lipinski definition) is 2. The van der Waals surface area contributed by atoms with Crippen molar-refractivity contribution in [2.45, 2.75) is 6.04 Å². The van der Waals surface area contributed by atoms with Crippen LogP contribution in [0.25, 0.3) is 0 Å². The van der Waals surface area contributed by atoms with E-state index in [9.17, 15) is 4.79 Å². The molecule has 1 atom stereocenters. The van der Waals surface area contributed by atoms with Crippen molar-refractivity contribution in [1.82, 2.24) is 9.80 Å². The quantitative estimate of drug-likeness (QED) is 0.440. The van der Waals surface area contributed by atoms with Crippen molar-refractivity contribution in [3.8, 4) is 0 Å². The second-order valence-electron chi connectivity index (χ2n) is 2.70. The molecule has 0 aliphatic carbocycles. The van der Waals surface area contributed by atoms with Crippen LogP contribution in [-0.4, -0.2) is 49.4 Å². The van der Waals surface area contributed by atoms with E-state index in [1.54, 1.807) is 4.90 Å². The first kappa shape index (κ1) is 6.55. The largest absolute Gasteiger partial charge is 0.342 e. The van der Waals surface area contributed by atoms with Crippen molar-refractivity contribution in [3.63, 3.8) is 0 Å². The van der Waals surface area contributed by atoms with E-state index in [1.165, 1.54) is 0 Å². The van der Waals surface area contributed by atoms with Gasteiger partial charge in [0.15, 0.2) is 0 Å². The molecule has 1 amide bonds. The fourth-order valence-corrected chi connectivity index (χ4v) is 0.954. The second kappa shape index (κ2) is 1.99. The minimum absolute atomic E-state index is 0.148. The zero-order valence-electron chi connectivity index (χ0n) is 6.09. The molecule has 0 aromatic heterocycles. The Morgan fingerprint density at radius 2 is 2.22 bits per heavy atom. The molecule has 1 unspecified atom stereocenters. The lowest BCUT2D eigenvalue weighted by molar-refractivity contribution is -0.146. The van der Waals surface area contributed by atoms with Gasteiger partial charge in [-0.3, -0.25) is 9.69 Å². The molecule has 0 spiro atoms. The normalized spacial score (nSPS) is 26.9. The van der Waals surface area contributed by atoms with Crippen LogP contribution in [0.2, 0.25) is 0 Å². The molecular weight excluding hydrogens is 116 g/mol. The minimum Gasteiger partial charge on any atom is -0.342 e. The third kappa shape index (κ3) is 0.920. The summed E-state index contributed by atoms with van der Waals surface area (Å²) in [6.45, 7) is 0.881. The van der Waals surface area contributed by atoms with Gasteiger partial charge >= 0.3 is 0 Å². The molecule has 1 rings (SSSR count). The summed E-state index contributed by atoms with van der Waals surface area (Å²) in [5.41, 5.74) is 0. The van der Waals surface area contributed by atoms with Crippen LogP contribution in [0, 0.1) is 0 Å². The Morgan fingerprint density at radius 1 is 1.67 bits per heavy atom. The van der Waals surface area contributed by atoms with Crippen LogP contribution in [0.4, 0.5) is 0 Å². The van der Waals surface area contributed by atoms with E-state index >= 15 is 0 Å². The summed E-state index contributed by atoms with van der Waals surface area (Å²) >= 11 is 0. The molecule has 1 aliphatic heterocycles. The van der Waals surface area contributed by atoms with Crippen molar-refractivity contribution in [3.05, 3.63) is 0 Å². The number of carbonyl (C=O) groups excluding carboxylic acids is 1. The van der Waals surface area contributed by atoms with E-state index in [-0.39, 0.29) is 11.9 Å². The summed E-state index contributed by atoms with van der Waals surface area (Å²) in [6, 6.07) is 0.148.